The molecule has 0 aromatic heterocycles. The smallest absolute Gasteiger partial charge is 0.0602 e. The van der Waals surface area contributed by atoms with Gasteiger partial charge in [-0.1, -0.05) is 40.5 Å². The lowest BCUT2D eigenvalue weighted by molar-refractivity contribution is -0.207. The van der Waals surface area contributed by atoms with E-state index in [1.54, 1.807) is 0 Å². The Bertz CT molecular complexity index is 550. The molecular weight excluding hydrogens is 336 g/mol. The molecule has 156 valence electrons. The minimum absolute atomic E-state index is 0.0336. The second-order valence-electron chi connectivity index (χ2n) is 11.3. The summed E-state index contributed by atoms with van der Waals surface area (Å²) in [6.45, 7) is 9.42. The fourth-order valence-electron chi connectivity index (χ4n) is 8.79. The van der Waals surface area contributed by atoms with E-state index in [-0.39, 0.29) is 29.1 Å². The van der Waals surface area contributed by atoms with E-state index in [0.717, 1.165) is 32.1 Å². The largest absolute Gasteiger partial charge is 0.393 e. The van der Waals surface area contributed by atoms with Gasteiger partial charge >= 0.3 is 0 Å². The van der Waals surface area contributed by atoms with Crippen molar-refractivity contribution in [3.63, 3.8) is 0 Å². The van der Waals surface area contributed by atoms with Gasteiger partial charge in [0.2, 0.25) is 0 Å². The summed E-state index contributed by atoms with van der Waals surface area (Å²) in [4.78, 5) is 0. The summed E-state index contributed by atoms with van der Waals surface area (Å²) in [7, 11) is 0. The van der Waals surface area contributed by atoms with Gasteiger partial charge in [0.05, 0.1) is 18.3 Å². The molecule has 3 N–H and O–H groups in total. The van der Waals surface area contributed by atoms with Crippen LogP contribution in [0.3, 0.4) is 0 Å². The molecule has 3 nitrogen and oxygen atoms in total. The summed E-state index contributed by atoms with van der Waals surface area (Å²) in [6, 6.07) is 0. The average molecular weight is 379 g/mol. The van der Waals surface area contributed by atoms with Crippen LogP contribution in [0.25, 0.3) is 0 Å². The van der Waals surface area contributed by atoms with Crippen molar-refractivity contribution in [1.82, 2.24) is 0 Å². The lowest BCUT2D eigenvalue weighted by Crippen LogP contribution is -2.62. The van der Waals surface area contributed by atoms with Gasteiger partial charge < -0.3 is 15.3 Å². The van der Waals surface area contributed by atoms with Crippen LogP contribution in [-0.4, -0.2) is 33.6 Å². The van der Waals surface area contributed by atoms with E-state index in [2.05, 4.69) is 27.7 Å². The second kappa shape index (κ2) is 6.99. The molecule has 27 heavy (non-hydrogen) atoms. The van der Waals surface area contributed by atoms with Crippen LogP contribution in [0, 0.1) is 46.3 Å². The standard InChI is InChI=1S/C24H42O3/c1-5-6-14(2)17-7-8-18-22-19(13-21(27)24(17,18)4)23(3)10-9-16(25)11-15(23)12-20(22)26/h14-22,25-27H,5-13H2,1-4H3/t14-,15+,16-,17-,18?,19?,20?,21?,22+,23?,24?/m1/s1. The first-order valence-corrected chi connectivity index (χ1v) is 11.8. The zero-order chi connectivity index (χ0) is 19.6. The predicted octanol–water partition coefficient (Wildman–Crippen LogP) is 4.38. The average Bonchev–Trinajstić information content (AvgIpc) is 2.96. The third kappa shape index (κ3) is 2.86. The molecule has 0 aromatic rings. The molecule has 4 aliphatic carbocycles. The van der Waals surface area contributed by atoms with Crippen molar-refractivity contribution in [2.75, 3.05) is 0 Å². The molecule has 0 saturated heterocycles. The molecular formula is C24H42O3. The van der Waals surface area contributed by atoms with E-state index >= 15 is 0 Å². The van der Waals surface area contributed by atoms with E-state index < -0.39 is 0 Å². The number of rotatable bonds is 3. The minimum Gasteiger partial charge on any atom is -0.393 e. The van der Waals surface area contributed by atoms with E-state index in [1.807, 2.05) is 0 Å². The Kier molecular flexibility index (Phi) is 5.22. The lowest BCUT2D eigenvalue weighted by Gasteiger charge is -2.63. The maximum atomic E-state index is 11.5. The highest BCUT2D eigenvalue weighted by Gasteiger charge is 2.65. The summed E-state index contributed by atoms with van der Waals surface area (Å²) < 4.78 is 0. The topological polar surface area (TPSA) is 60.7 Å². The number of fused-ring (bicyclic) bond motifs is 5. The van der Waals surface area contributed by atoms with Crippen molar-refractivity contribution >= 4 is 0 Å². The first kappa shape index (κ1) is 20.2. The zero-order valence-electron chi connectivity index (χ0n) is 17.9. The summed E-state index contributed by atoms with van der Waals surface area (Å²) in [5.74, 6) is 2.86. The Labute approximate surface area is 165 Å². The fourth-order valence-corrected chi connectivity index (χ4v) is 8.79. The van der Waals surface area contributed by atoms with Gasteiger partial charge in [-0.15, -0.1) is 0 Å². The first-order valence-electron chi connectivity index (χ1n) is 11.8. The molecule has 0 aliphatic heterocycles. The lowest BCUT2D eigenvalue weighted by atomic mass is 9.43. The molecule has 0 heterocycles. The van der Waals surface area contributed by atoms with Crippen molar-refractivity contribution < 1.29 is 15.3 Å². The fraction of sp³-hybridized carbons (Fsp3) is 1.00. The van der Waals surface area contributed by atoms with Gasteiger partial charge in [-0.3, -0.25) is 0 Å². The van der Waals surface area contributed by atoms with Gasteiger partial charge in [-0.25, -0.2) is 0 Å². The Morgan fingerprint density at radius 1 is 0.963 bits per heavy atom. The highest BCUT2D eigenvalue weighted by atomic mass is 16.3. The molecule has 0 radical (unpaired) electrons. The van der Waals surface area contributed by atoms with Gasteiger partial charge in [0.15, 0.2) is 0 Å². The van der Waals surface area contributed by atoms with Crippen LogP contribution in [0.5, 0.6) is 0 Å². The third-order valence-electron chi connectivity index (χ3n) is 10.3. The molecule has 4 aliphatic rings. The van der Waals surface area contributed by atoms with Crippen LogP contribution in [0.1, 0.15) is 85.5 Å². The number of aliphatic hydroxyl groups is 3. The van der Waals surface area contributed by atoms with Gasteiger partial charge in [-0.05, 0) is 91.3 Å². The Hall–Kier alpha value is -0.120. The maximum absolute atomic E-state index is 11.5. The highest BCUT2D eigenvalue weighted by molar-refractivity contribution is 5.14. The monoisotopic (exact) mass is 378 g/mol. The van der Waals surface area contributed by atoms with Crippen molar-refractivity contribution in [2.24, 2.45) is 46.3 Å². The normalized spacial score (nSPS) is 56.1. The molecule has 4 fully saturated rings. The van der Waals surface area contributed by atoms with Gasteiger partial charge in [0.1, 0.15) is 0 Å². The quantitative estimate of drug-likeness (QED) is 0.683. The summed E-state index contributed by atoms with van der Waals surface area (Å²) >= 11 is 0. The van der Waals surface area contributed by atoms with Crippen LogP contribution >= 0.6 is 0 Å². The van der Waals surface area contributed by atoms with Crippen LogP contribution < -0.4 is 0 Å². The van der Waals surface area contributed by atoms with Gasteiger partial charge in [0, 0.05) is 0 Å². The Balaban J connectivity index is 1.66. The van der Waals surface area contributed by atoms with E-state index in [9.17, 15) is 15.3 Å². The molecule has 0 aromatic carbocycles. The zero-order valence-corrected chi connectivity index (χ0v) is 17.9. The van der Waals surface area contributed by atoms with Crippen LogP contribution in [0.2, 0.25) is 0 Å². The molecule has 6 unspecified atom stereocenters. The second-order valence-corrected chi connectivity index (χ2v) is 11.3. The number of hydrogen-bond donors (Lipinski definition) is 3. The summed E-state index contributed by atoms with van der Waals surface area (Å²) in [6.07, 6.45) is 8.64. The maximum Gasteiger partial charge on any atom is 0.0602 e. The van der Waals surface area contributed by atoms with E-state index in [1.165, 1.54) is 25.7 Å². The number of hydrogen-bond acceptors (Lipinski definition) is 3. The number of aliphatic hydroxyl groups excluding tert-OH is 3. The SMILES string of the molecule is CCC[C@@H](C)[C@H]1CCC2[C@@H]3C(O)C[C@@H]4C[C@H](O)CCC4(C)C3CC(O)C21C. The molecule has 4 rings (SSSR count). The van der Waals surface area contributed by atoms with E-state index in [4.69, 9.17) is 0 Å². The van der Waals surface area contributed by atoms with Gasteiger partial charge in [-0.2, -0.15) is 0 Å². The first-order chi connectivity index (χ1) is 12.7. The van der Waals surface area contributed by atoms with E-state index in [0.29, 0.717) is 35.5 Å². The van der Waals surface area contributed by atoms with Crippen LogP contribution in [-0.2, 0) is 0 Å². The van der Waals surface area contributed by atoms with Gasteiger partial charge in [0.25, 0.3) is 0 Å². The molecule has 4 saturated carbocycles. The molecule has 0 spiro atoms. The summed E-state index contributed by atoms with van der Waals surface area (Å²) in [5, 5.41) is 32.9. The van der Waals surface area contributed by atoms with Crippen LogP contribution in [0.15, 0.2) is 0 Å². The van der Waals surface area contributed by atoms with Crippen molar-refractivity contribution in [2.45, 2.75) is 104 Å². The molecule has 0 amide bonds. The molecule has 11 atom stereocenters. The van der Waals surface area contributed by atoms with Crippen molar-refractivity contribution in [3.05, 3.63) is 0 Å². The minimum atomic E-state index is -0.254. The predicted molar refractivity (Wildman–Crippen MR) is 108 cm³/mol. The molecule has 3 heteroatoms. The molecule has 0 bridgehead atoms. The summed E-state index contributed by atoms with van der Waals surface area (Å²) in [5.41, 5.74) is 0.146. The Morgan fingerprint density at radius 3 is 2.41 bits per heavy atom. The Morgan fingerprint density at radius 2 is 1.70 bits per heavy atom. The van der Waals surface area contributed by atoms with Crippen molar-refractivity contribution in [3.8, 4) is 0 Å². The highest BCUT2D eigenvalue weighted by Crippen LogP contribution is 2.68. The van der Waals surface area contributed by atoms with Crippen molar-refractivity contribution in [1.29, 1.82) is 0 Å². The third-order valence-corrected chi connectivity index (χ3v) is 10.3. The van der Waals surface area contributed by atoms with Crippen LogP contribution in [0.4, 0.5) is 0 Å².